The first-order valence-electron chi connectivity index (χ1n) is 6.66. The Hall–Kier alpha value is -0.540. The highest BCUT2D eigenvalue weighted by Gasteiger charge is 2.17. The second kappa shape index (κ2) is 6.48. The monoisotopic (exact) mass is 327 g/mol. The zero-order valence-corrected chi connectivity index (χ0v) is 14.5. The molecule has 108 valence electrons. The fourth-order valence-corrected chi connectivity index (χ4v) is 4.16. The maximum Gasteiger partial charge on any atom is 0.0991 e. The van der Waals surface area contributed by atoms with Crippen molar-refractivity contribution < 1.29 is 0 Å². The normalized spacial score (nSPS) is 14.3. The molecule has 0 aliphatic carbocycles. The molecule has 0 amide bonds. The van der Waals surface area contributed by atoms with Gasteiger partial charge in [-0.2, -0.15) is 0 Å². The topological polar surface area (TPSA) is 12.0 Å². The summed E-state index contributed by atoms with van der Waals surface area (Å²) < 4.78 is 1.50. The number of halogens is 2. The van der Waals surface area contributed by atoms with Crippen LogP contribution in [0.15, 0.2) is 24.3 Å². The smallest absolute Gasteiger partial charge is 0.0991 e. The minimum Gasteiger partial charge on any atom is -0.304 e. The van der Waals surface area contributed by atoms with Gasteiger partial charge in [0.25, 0.3) is 0 Å². The van der Waals surface area contributed by atoms with Gasteiger partial charge in [0.1, 0.15) is 0 Å². The Bertz CT molecular complexity index is 607. The Morgan fingerprint density at radius 3 is 2.20 bits per heavy atom. The van der Waals surface area contributed by atoms with Gasteiger partial charge in [-0.25, -0.2) is 0 Å². The molecule has 1 aromatic carbocycles. The summed E-state index contributed by atoms with van der Waals surface area (Å²) in [7, 11) is 0. The number of nitrogens with one attached hydrogen (secondary N) is 1. The summed E-state index contributed by atoms with van der Waals surface area (Å²) in [6.07, 6.45) is 0. The lowest BCUT2D eigenvalue weighted by atomic mass is 9.99. The van der Waals surface area contributed by atoms with Crippen molar-refractivity contribution in [2.24, 2.45) is 0 Å². The lowest BCUT2D eigenvalue weighted by molar-refractivity contribution is 0.494. The molecule has 0 saturated carbocycles. The zero-order chi connectivity index (χ0) is 14.9. The van der Waals surface area contributed by atoms with Crippen LogP contribution in [0, 0.1) is 13.8 Å². The van der Waals surface area contributed by atoms with E-state index in [4.69, 9.17) is 23.2 Å². The SMILES string of the molecule is Cc1ccc(C(C)NC(C)c2cc(Cl)sc2Cl)c(C)c1. The molecule has 0 spiro atoms. The number of aryl methyl sites for hydroxylation is 2. The van der Waals surface area contributed by atoms with E-state index in [0.717, 1.165) is 14.2 Å². The van der Waals surface area contributed by atoms with E-state index >= 15 is 0 Å². The molecule has 2 atom stereocenters. The Morgan fingerprint density at radius 2 is 1.65 bits per heavy atom. The summed E-state index contributed by atoms with van der Waals surface area (Å²) in [5.41, 5.74) is 4.99. The van der Waals surface area contributed by atoms with Crippen molar-refractivity contribution >= 4 is 34.5 Å². The molecular formula is C16H19Cl2NS. The second-order valence-electron chi connectivity index (χ2n) is 5.25. The van der Waals surface area contributed by atoms with Gasteiger partial charge in [0.05, 0.1) is 8.67 Å². The number of rotatable bonds is 4. The van der Waals surface area contributed by atoms with Gasteiger partial charge >= 0.3 is 0 Å². The largest absolute Gasteiger partial charge is 0.304 e. The summed E-state index contributed by atoms with van der Waals surface area (Å²) >= 11 is 13.6. The predicted molar refractivity (Wildman–Crippen MR) is 90.2 cm³/mol. The number of hydrogen-bond acceptors (Lipinski definition) is 2. The van der Waals surface area contributed by atoms with Gasteiger partial charge in [-0.1, -0.05) is 47.0 Å². The highest BCUT2D eigenvalue weighted by Crippen LogP contribution is 2.35. The van der Waals surface area contributed by atoms with Gasteiger partial charge in [-0.15, -0.1) is 11.3 Å². The Morgan fingerprint density at radius 1 is 1.00 bits per heavy atom. The number of benzene rings is 1. The molecule has 1 nitrogen and oxygen atoms in total. The van der Waals surface area contributed by atoms with Gasteiger partial charge < -0.3 is 5.32 Å². The lowest BCUT2D eigenvalue weighted by Crippen LogP contribution is -2.23. The molecular weight excluding hydrogens is 309 g/mol. The average Bonchev–Trinajstić information content (AvgIpc) is 2.68. The highest BCUT2D eigenvalue weighted by atomic mass is 35.5. The highest BCUT2D eigenvalue weighted by molar-refractivity contribution is 7.20. The molecule has 1 aromatic heterocycles. The molecule has 0 aliphatic heterocycles. The maximum atomic E-state index is 6.22. The van der Waals surface area contributed by atoms with Gasteiger partial charge in [0.2, 0.25) is 0 Å². The van der Waals surface area contributed by atoms with Crippen LogP contribution in [0.3, 0.4) is 0 Å². The van der Waals surface area contributed by atoms with Crippen LogP contribution in [0.4, 0.5) is 0 Å². The standard InChI is InChI=1S/C16H19Cl2NS/c1-9-5-6-13(10(2)7-9)11(3)19-12(4)14-8-15(17)20-16(14)18/h5-8,11-12,19H,1-4H3. The predicted octanol–water partition coefficient (Wildman–Crippen LogP) is 6.08. The molecule has 0 fully saturated rings. The maximum absolute atomic E-state index is 6.22. The summed E-state index contributed by atoms with van der Waals surface area (Å²) in [6, 6.07) is 8.94. The first-order chi connectivity index (χ1) is 9.38. The van der Waals surface area contributed by atoms with Crippen molar-refractivity contribution in [1.29, 1.82) is 0 Å². The van der Waals surface area contributed by atoms with Crippen LogP contribution >= 0.6 is 34.5 Å². The van der Waals surface area contributed by atoms with Gasteiger partial charge in [-0.05, 0) is 50.5 Å². The van der Waals surface area contributed by atoms with E-state index in [2.05, 4.69) is 51.2 Å². The van der Waals surface area contributed by atoms with Crippen LogP contribution in [0.25, 0.3) is 0 Å². The lowest BCUT2D eigenvalue weighted by Gasteiger charge is -2.22. The molecule has 0 saturated heterocycles. The van der Waals surface area contributed by atoms with Gasteiger partial charge in [0.15, 0.2) is 0 Å². The molecule has 2 aromatic rings. The number of thiophene rings is 1. The van der Waals surface area contributed by atoms with E-state index in [1.807, 2.05) is 6.07 Å². The molecule has 2 unspecified atom stereocenters. The van der Waals surface area contributed by atoms with Crippen LogP contribution in [0.1, 0.15) is 48.2 Å². The molecule has 0 radical (unpaired) electrons. The first kappa shape index (κ1) is 15.8. The van der Waals surface area contributed by atoms with Crippen molar-refractivity contribution in [3.8, 4) is 0 Å². The van der Waals surface area contributed by atoms with Crippen molar-refractivity contribution in [2.75, 3.05) is 0 Å². The average molecular weight is 328 g/mol. The molecule has 0 aliphatic rings. The van der Waals surface area contributed by atoms with E-state index in [0.29, 0.717) is 0 Å². The van der Waals surface area contributed by atoms with Crippen LogP contribution in [-0.2, 0) is 0 Å². The third-order valence-electron chi connectivity index (χ3n) is 3.54. The van der Waals surface area contributed by atoms with Gasteiger partial charge in [0, 0.05) is 12.1 Å². The van der Waals surface area contributed by atoms with Crippen LogP contribution in [-0.4, -0.2) is 0 Å². The van der Waals surface area contributed by atoms with Crippen LogP contribution < -0.4 is 5.32 Å². The fourth-order valence-electron chi connectivity index (χ4n) is 2.51. The summed E-state index contributed by atoms with van der Waals surface area (Å²) in [5.74, 6) is 0. The quantitative estimate of drug-likeness (QED) is 0.717. The first-order valence-corrected chi connectivity index (χ1v) is 8.23. The van der Waals surface area contributed by atoms with Crippen LogP contribution in [0.5, 0.6) is 0 Å². The zero-order valence-electron chi connectivity index (χ0n) is 12.1. The summed E-state index contributed by atoms with van der Waals surface area (Å²) in [5, 5.41) is 3.59. The van der Waals surface area contributed by atoms with Crippen molar-refractivity contribution in [3.63, 3.8) is 0 Å². The second-order valence-corrected chi connectivity index (χ2v) is 7.54. The van der Waals surface area contributed by atoms with Crippen molar-refractivity contribution in [2.45, 2.75) is 39.8 Å². The van der Waals surface area contributed by atoms with Gasteiger partial charge in [-0.3, -0.25) is 0 Å². The van der Waals surface area contributed by atoms with E-state index in [1.165, 1.54) is 28.0 Å². The summed E-state index contributed by atoms with van der Waals surface area (Å²) in [6.45, 7) is 8.56. The number of hydrogen-bond donors (Lipinski definition) is 1. The van der Waals surface area contributed by atoms with E-state index in [1.54, 1.807) is 0 Å². The Balaban J connectivity index is 2.14. The van der Waals surface area contributed by atoms with E-state index < -0.39 is 0 Å². The molecule has 4 heteroatoms. The van der Waals surface area contributed by atoms with E-state index in [-0.39, 0.29) is 12.1 Å². The Labute approximate surface area is 134 Å². The minimum atomic E-state index is 0.168. The van der Waals surface area contributed by atoms with E-state index in [9.17, 15) is 0 Å². The minimum absolute atomic E-state index is 0.168. The molecule has 0 bridgehead atoms. The third kappa shape index (κ3) is 3.56. The molecule has 20 heavy (non-hydrogen) atoms. The molecule has 1 N–H and O–H groups in total. The summed E-state index contributed by atoms with van der Waals surface area (Å²) in [4.78, 5) is 0. The van der Waals surface area contributed by atoms with Crippen molar-refractivity contribution in [3.05, 3.63) is 55.2 Å². The van der Waals surface area contributed by atoms with Crippen LogP contribution in [0.2, 0.25) is 8.67 Å². The van der Waals surface area contributed by atoms with Crippen molar-refractivity contribution in [1.82, 2.24) is 5.32 Å². The third-order valence-corrected chi connectivity index (χ3v) is 5.06. The Kier molecular flexibility index (Phi) is 5.14. The fraction of sp³-hybridized carbons (Fsp3) is 0.375. The molecule has 2 rings (SSSR count). The molecule has 1 heterocycles.